The van der Waals surface area contributed by atoms with Gasteiger partial charge in [0.15, 0.2) is 0 Å². The molecule has 0 aliphatic rings. The summed E-state index contributed by atoms with van der Waals surface area (Å²) in [6, 6.07) is 22.9. The van der Waals surface area contributed by atoms with Gasteiger partial charge in [0.1, 0.15) is 0 Å². The second kappa shape index (κ2) is 24.3. The summed E-state index contributed by atoms with van der Waals surface area (Å²) in [5, 5.41) is 2.78. The van der Waals surface area contributed by atoms with Gasteiger partial charge in [-0.05, 0) is 0 Å². The summed E-state index contributed by atoms with van der Waals surface area (Å²) < 4.78 is 0. The maximum atomic E-state index is 2.21. The Kier molecular flexibility index (Phi) is 44.1. The minimum absolute atomic E-state index is 0. The second-order valence-corrected chi connectivity index (χ2v) is 3.76. The Morgan fingerprint density at radius 3 is 1.67 bits per heavy atom. The van der Waals surface area contributed by atoms with Crippen LogP contribution < -0.4 is 0 Å². The third-order valence-corrected chi connectivity index (χ3v) is 2.71. The monoisotopic (exact) mass is 493 g/mol. The molecule has 0 aliphatic heterocycles. The summed E-state index contributed by atoms with van der Waals surface area (Å²) in [4.78, 5) is 0. The van der Waals surface area contributed by atoms with Crippen molar-refractivity contribution in [1.82, 2.24) is 0 Å². The molecule has 0 nitrogen and oxygen atoms in total. The average molecular weight is 492 g/mol. The maximum Gasteiger partial charge on any atom is 0 e. The first kappa shape index (κ1) is 43.5. The zero-order valence-corrected chi connectivity index (χ0v) is 20.7. The summed E-state index contributed by atoms with van der Waals surface area (Å²) in [7, 11) is 0. The van der Waals surface area contributed by atoms with Crippen LogP contribution in [-0.2, 0) is 32.3 Å². The van der Waals surface area contributed by atoms with Gasteiger partial charge in [-0.1, -0.05) is 19.4 Å². The zero-order chi connectivity index (χ0) is 11.2. The van der Waals surface area contributed by atoms with Crippen molar-refractivity contribution < 1.29 is 25.8 Å². The third-order valence-electron chi connectivity index (χ3n) is 2.71. The molecular weight excluding hydrogens is 455 g/mol. The van der Waals surface area contributed by atoms with Gasteiger partial charge >= 0.3 is 0 Å². The average Bonchev–Trinajstić information content (AvgIpc) is 3.02. The van der Waals surface area contributed by atoms with E-state index in [1.54, 1.807) is 0 Å². The Labute approximate surface area is 173 Å². The first-order valence-electron chi connectivity index (χ1n) is 5.72. The molecule has 24 heavy (non-hydrogen) atoms. The summed E-state index contributed by atoms with van der Waals surface area (Å²) in [6.45, 7) is 2.20. The van der Waals surface area contributed by atoms with Crippen LogP contribution in [0, 0.1) is 52.0 Å². The minimum atomic E-state index is 0. The number of rotatable bonds is 1. The van der Waals surface area contributed by atoms with Crippen molar-refractivity contribution in [1.29, 1.82) is 0 Å². The molecule has 0 aliphatic carbocycles. The van der Waals surface area contributed by atoms with Crippen LogP contribution in [0.5, 0.6) is 0 Å². The Morgan fingerprint density at radius 1 is 0.750 bits per heavy atom. The number of hydrogen-bond acceptors (Lipinski definition) is 0. The molecule has 0 saturated heterocycles. The van der Waals surface area contributed by atoms with Crippen molar-refractivity contribution in [2.45, 2.75) is 13.3 Å². The molecule has 3 aromatic carbocycles. The Bertz CT molecular complexity index is 501. The van der Waals surface area contributed by atoms with Gasteiger partial charge in [-0.3, -0.25) is 0 Å². The minimum Gasteiger partial charge on any atom is -0.358 e. The molecule has 0 fully saturated rings. The molecular formula is C23H37Hf-9. The molecule has 1 heteroatoms. The van der Waals surface area contributed by atoms with Crippen LogP contribution in [-0.4, -0.2) is 0 Å². The molecule has 0 heterocycles. The van der Waals surface area contributed by atoms with E-state index in [9.17, 15) is 0 Å². The molecule has 0 atom stereocenters. The predicted molar refractivity (Wildman–Crippen MR) is 116 cm³/mol. The van der Waals surface area contributed by atoms with E-state index in [0.717, 1.165) is 6.42 Å². The fourth-order valence-electron chi connectivity index (χ4n) is 1.84. The number of benzene rings is 1. The number of fused-ring (bicyclic) bond motifs is 1. The summed E-state index contributed by atoms with van der Waals surface area (Å²) in [5.41, 5.74) is 1.46. The molecule has 0 bridgehead atoms. The van der Waals surface area contributed by atoms with E-state index in [2.05, 4.69) is 43.3 Å². The smallest absolute Gasteiger partial charge is 0 e. The Balaban J connectivity index is -0.0000000403. The van der Waals surface area contributed by atoms with Gasteiger partial charge in [0, 0.05) is 25.8 Å². The van der Waals surface area contributed by atoms with Crippen molar-refractivity contribution >= 4 is 10.8 Å². The first-order chi connectivity index (χ1) is 7.92. The zero-order valence-electron chi connectivity index (χ0n) is 17.1. The van der Waals surface area contributed by atoms with E-state index in [0.29, 0.717) is 0 Å². The van der Waals surface area contributed by atoms with Crippen molar-refractivity contribution in [3.8, 4) is 0 Å². The van der Waals surface area contributed by atoms with E-state index in [1.165, 1.54) is 16.3 Å². The van der Waals surface area contributed by atoms with E-state index in [1.807, 2.05) is 30.3 Å². The van der Waals surface area contributed by atoms with E-state index >= 15 is 0 Å². The molecule has 0 amide bonds. The number of aryl methyl sites for hydroxylation is 1. The molecule has 3 aromatic rings. The van der Waals surface area contributed by atoms with Crippen LogP contribution in [0.1, 0.15) is 12.5 Å². The fourth-order valence-corrected chi connectivity index (χ4v) is 1.84. The van der Waals surface area contributed by atoms with Crippen LogP contribution in [0.2, 0.25) is 0 Å². The standard InChI is InChI=1S/C11H11.C5H5.7CH3.Hf/c1-2-9-7-8-10-5-3-4-6-11(9)10;1-2-4-5-3-1;;;;;;;;/h3-8H,2H2,1H3;1-5H;7*1H3;/q9*-1;. The van der Waals surface area contributed by atoms with Gasteiger partial charge in [0.05, 0.1) is 0 Å². The third kappa shape index (κ3) is 12.5. The quantitative estimate of drug-likeness (QED) is 0.242. The van der Waals surface area contributed by atoms with Crippen LogP contribution in [0.3, 0.4) is 0 Å². The first-order valence-corrected chi connectivity index (χ1v) is 5.72. The molecule has 0 unspecified atom stereocenters. The molecule has 0 spiro atoms. The van der Waals surface area contributed by atoms with E-state index in [-0.39, 0.29) is 77.8 Å². The van der Waals surface area contributed by atoms with Crippen molar-refractivity contribution in [3.05, 3.63) is 124 Å². The fraction of sp³-hybridized carbons (Fsp3) is 0.0870. The Morgan fingerprint density at radius 2 is 1.25 bits per heavy atom. The van der Waals surface area contributed by atoms with E-state index < -0.39 is 0 Å². The SMILES string of the molecule is CC[c-]1ccc2ccccc21.[CH3-].[CH3-].[CH3-].[CH3-].[CH3-].[CH3-].[CH3-].[Hf].c1cc[cH-]c1. The Hall–Kier alpha value is -0.950. The molecule has 0 saturated carbocycles. The van der Waals surface area contributed by atoms with Gasteiger partial charge < -0.3 is 52.0 Å². The normalized spacial score (nSPS) is 6.54. The van der Waals surface area contributed by atoms with Crippen LogP contribution in [0.4, 0.5) is 0 Å². The topological polar surface area (TPSA) is 0 Å². The number of hydrogen-bond donors (Lipinski definition) is 0. The van der Waals surface area contributed by atoms with Crippen molar-refractivity contribution in [2.24, 2.45) is 0 Å². The summed E-state index contributed by atoms with van der Waals surface area (Å²) >= 11 is 0. The van der Waals surface area contributed by atoms with Crippen molar-refractivity contribution in [3.63, 3.8) is 0 Å². The van der Waals surface area contributed by atoms with Gasteiger partial charge in [-0.2, -0.15) is 24.3 Å². The second-order valence-electron chi connectivity index (χ2n) is 3.76. The van der Waals surface area contributed by atoms with Gasteiger partial charge in [0.2, 0.25) is 0 Å². The maximum absolute atomic E-state index is 2.21. The van der Waals surface area contributed by atoms with Crippen LogP contribution >= 0.6 is 0 Å². The van der Waals surface area contributed by atoms with Crippen LogP contribution in [0.15, 0.2) is 66.7 Å². The molecule has 142 valence electrons. The summed E-state index contributed by atoms with van der Waals surface area (Å²) in [6.07, 6.45) is 1.13. The largest absolute Gasteiger partial charge is 0.358 e. The predicted octanol–water partition coefficient (Wildman–Crippen LogP) is 7.68. The molecule has 0 aromatic heterocycles. The molecule has 3 rings (SSSR count). The molecule has 0 N–H and O–H groups in total. The summed E-state index contributed by atoms with van der Waals surface area (Å²) in [5.74, 6) is 0. The van der Waals surface area contributed by atoms with Gasteiger partial charge in [-0.15, -0.1) is 40.6 Å². The molecule has 0 radical (unpaired) electrons. The van der Waals surface area contributed by atoms with Gasteiger partial charge in [-0.25, -0.2) is 12.1 Å². The van der Waals surface area contributed by atoms with Crippen molar-refractivity contribution in [2.75, 3.05) is 0 Å². The van der Waals surface area contributed by atoms with Crippen LogP contribution in [0.25, 0.3) is 10.8 Å². The van der Waals surface area contributed by atoms with E-state index in [4.69, 9.17) is 0 Å². The van der Waals surface area contributed by atoms with Gasteiger partial charge in [0.25, 0.3) is 0 Å².